The molecule has 2 N–H and O–H groups in total. The summed E-state index contributed by atoms with van der Waals surface area (Å²) in [5.41, 5.74) is -0.772. The molecule has 1 aliphatic carbocycles. The lowest BCUT2D eigenvalue weighted by Gasteiger charge is -2.46. The number of aromatic hydroxyl groups is 1. The summed E-state index contributed by atoms with van der Waals surface area (Å²) in [6.07, 6.45) is -9.21. The molecule has 348 valence electrons. The van der Waals surface area contributed by atoms with Gasteiger partial charge in [0.1, 0.15) is 5.75 Å². The molecule has 0 unspecified atom stereocenters. The fourth-order valence-electron chi connectivity index (χ4n) is 10.2. The standard InChI is InChI=1S/C51H47BBrF6NO6Si/c1-49(2,3)67(39-15-9-5-10-16-39,40-17-11-6-12-18-40)65-30-34-25-41-46(48(63)60(47(41)62)38-27-35(50(54,55)56)26-36(28-38)51(57,58)59)42-29-52(64)66-44(45(34)42)22-19-32(31-13-7-4-8-14-31)23-33-24-37(53)20-21-43(33)61/h4-18,20-21,23-24,26-28,41-42,44,46,61,64H,19,22,25,29-30H2,1-3H3/b32-23-/t41-,42+,44-,46-/m1/s1. The molecule has 5 aromatic rings. The molecule has 2 saturated heterocycles. The average Bonchev–Trinajstić information content (AvgIpc) is 3.54. The lowest BCUT2D eigenvalue weighted by Crippen LogP contribution is -2.66. The van der Waals surface area contributed by atoms with Crippen LogP contribution in [0.25, 0.3) is 11.6 Å². The van der Waals surface area contributed by atoms with Crippen LogP contribution >= 0.6 is 15.9 Å². The molecule has 4 atom stereocenters. The first-order chi connectivity index (χ1) is 31.7. The van der Waals surface area contributed by atoms with Crippen molar-refractivity contribution in [2.75, 3.05) is 11.5 Å². The number of allylic oxidation sites excluding steroid dienone is 1. The third kappa shape index (κ3) is 9.60. The van der Waals surface area contributed by atoms with Gasteiger partial charge in [0.15, 0.2) is 0 Å². The lowest BCUT2D eigenvalue weighted by molar-refractivity contribution is -0.143. The van der Waals surface area contributed by atoms with Crippen molar-refractivity contribution in [1.82, 2.24) is 0 Å². The number of imide groups is 1. The van der Waals surface area contributed by atoms with Crippen LogP contribution in [-0.4, -0.2) is 50.1 Å². The van der Waals surface area contributed by atoms with Crippen molar-refractivity contribution in [2.45, 2.75) is 69.8 Å². The van der Waals surface area contributed by atoms with Crippen molar-refractivity contribution < 1.29 is 55.1 Å². The molecule has 5 aromatic carbocycles. The summed E-state index contributed by atoms with van der Waals surface area (Å²) >= 11 is 3.48. The minimum absolute atomic E-state index is 0.0434. The number of benzene rings is 5. The Bertz CT molecular complexity index is 2640. The molecular weight excluding hydrogens is 955 g/mol. The minimum Gasteiger partial charge on any atom is -0.507 e. The van der Waals surface area contributed by atoms with E-state index in [-0.39, 0.29) is 37.6 Å². The second kappa shape index (κ2) is 18.7. The topological polar surface area (TPSA) is 96.3 Å². The van der Waals surface area contributed by atoms with Crippen LogP contribution in [0.5, 0.6) is 5.75 Å². The fraction of sp³-hybridized carbons (Fsp3) is 0.294. The summed E-state index contributed by atoms with van der Waals surface area (Å²) in [6.45, 7) is 6.24. The molecule has 2 heterocycles. The molecule has 0 saturated carbocycles. The van der Waals surface area contributed by atoms with Gasteiger partial charge in [-0.2, -0.15) is 26.3 Å². The molecule has 2 aliphatic heterocycles. The number of halogens is 7. The molecular formula is C51H47BBrF6NO6Si. The smallest absolute Gasteiger partial charge is 0.455 e. The predicted molar refractivity (Wildman–Crippen MR) is 252 cm³/mol. The van der Waals surface area contributed by atoms with Gasteiger partial charge in [0.2, 0.25) is 11.8 Å². The van der Waals surface area contributed by atoms with E-state index in [0.29, 0.717) is 40.2 Å². The van der Waals surface area contributed by atoms with Crippen molar-refractivity contribution in [3.05, 3.63) is 165 Å². The van der Waals surface area contributed by atoms with Crippen LogP contribution in [0.2, 0.25) is 11.4 Å². The number of anilines is 1. The highest BCUT2D eigenvalue weighted by atomic mass is 79.9. The highest BCUT2D eigenvalue weighted by Crippen LogP contribution is 2.53. The maximum Gasteiger partial charge on any atom is 0.455 e. The Kier molecular flexibility index (Phi) is 13.4. The Labute approximate surface area is 394 Å². The third-order valence-electron chi connectivity index (χ3n) is 13.2. The van der Waals surface area contributed by atoms with Crippen LogP contribution in [0.15, 0.2) is 143 Å². The molecule has 0 spiro atoms. The number of phenols is 1. The quantitative estimate of drug-likeness (QED) is 0.0450. The molecule has 0 aromatic heterocycles. The van der Waals surface area contributed by atoms with Gasteiger partial charge >= 0.3 is 19.5 Å². The number of phenolic OH excluding ortho intramolecular Hbond substituents is 1. The number of nitrogens with zero attached hydrogens (tertiary/aromatic N) is 1. The van der Waals surface area contributed by atoms with Gasteiger partial charge in [0.25, 0.3) is 8.32 Å². The van der Waals surface area contributed by atoms with E-state index in [1.807, 2.05) is 97.1 Å². The highest BCUT2D eigenvalue weighted by molar-refractivity contribution is 9.10. The summed E-state index contributed by atoms with van der Waals surface area (Å²) in [6, 6.07) is 34.9. The van der Waals surface area contributed by atoms with Crippen LogP contribution in [0, 0.1) is 17.8 Å². The van der Waals surface area contributed by atoms with Gasteiger partial charge in [0.05, 0.1) is 41.4 Å². The van der Waals surface area contributed by atoms with Gasteiger partial charge < -0.3 is 19.2 Å². The monoisotopic (exact) mass is 1000 g/mol. The number of hydrogen-bond acceptors (Lipinski definition) is 6. The molecule has 0 radical (unpaired) electrons. The summed E-state index contributed by atoms with van der Waals surface area (Å²) in [5, 5.41) is 23.8. The first-order valence-corrected chi connectivity index (χ1v) is 24.6. The van der Waals surface area contributed by atoms with Crippen LogP contribution < -0.4 is 15.3 Å². The Balaban J connectivity index is 1.26. The minimum atomic E-state index is -5.23. The van der Waals surface area contributed by atoms with Crippen LogP contribution in [-0.2, 0) is 31.0 Å². The van der Waals surface area contributed by atoms with Gasteiger partial charge in [-0.1, -0.05) is 128 Å². The van der Waals surface area contributed by atoms with Crippen LogP contribution in [0.1, 0.15) is 62.3 Å². The van der Waals surface area contributed by atoms with E-state index in [9.17, 15) is 46.1 Å². The zero-order chi connectivity index (χ0) is 48.1. The maximum atomic E-state index is 14.7. The van der Waals surface area contributed by atoms with E-state index < -0.39 is 85.3 Å². The number of alkyl halides is 6. The van der Waals surface area contributed by atoms with Crippen molar-refractivity contribution in [3.63, 3.8) is 0 Å². The van der Waals surface area contributed by atoms with Gasteiger partial charge in [-0.3, -0.25) is 9.59 Å². The Hall–Kier alpha value is -5.26. The number of carbonyl (C=O) groups excluding carboxylic acids is 2. The Morgan fingerprint density at radius 1 is 0.806 bits per heavy atom. The molecule has 2 amide bonds. The van der Waals surface area contributed by atoms with Gasteiger partial charge in [-0.25, -0.2) is 4.90 Å². The zero-order valence-electron chi connectivity index (χ0n) is 36.7. The van der Waals surface area contributed by atoms with Gasteiger partial charge in [-0.05, 0) is 112 Å². The van der Waals surface area contributed by atoms with Crippen LogP contribution in [0.4, 0.5) is 32.0 Å². The third-order valence-corrected chi connectivity index (χ3v) is 18.6. The first-order valence-electron chi connectivity index (χ1n) is 21.9. The van der Waals surface area contributed by atoms with E-state index in [0.717, 1.165) is 26.0 Å². The predicted octanol–water partition coefficient (Wildman–Crippen LogP) is 11.1. The molecule has 16 heteroatoms. The maximum absolute atomic E-state index is 14.7. The van der Waals surface area contributed by atoms with E-state index in [2.05, 4.69) is 36.7 Å². The highest BCUT2D eigenvalue weighted by Gasteiger charge is 2.59. The van der Waals surface area contributed by atoms with E-state index in [1.54, 1.807) is 18.2 Å². The Morgan fingerprint density at radius 2 is 1.37 bits per heavy atom. The first kappa shape index (κ1) is 48.2. The largest absolute Gasteiger partial charge is 0.507 e. The van der Waals surface area contributed by atoms with E-state index >= 15 is 0 Å². The fourth-order valence-corrected chi connectivity index (χ4v) is 15.2. The summed E-state index contributed by atoms with van der Waals surface area (Å²) in [7, 11) is -4.72. The zero-order valence-corrected chi connectivity index (χ0v) is 39.3. The number of rotatable bonds is 11. The molecule has 8 rings (SSSR count). The summed E-state index contributed by atoms with van der Waals surface area (Å²) in [5.74, 6) is -5.20. The van der Waals surface area contributed by atoms with E-state index in [4.69, 9.17) is 9.08 Å². The average molecular weight is 1000 g/mol. The van der Waals surface area contributed by atoms with Crippen molar-refractivity contribution in [1.29, 1.82) is 0 Å². The van der Waals surface area contributed by atoms with Gasteiger partial charge in [0, 0.05) is 10.0 Å². The second-order valence-electron chi connectivity index (χ2n) is 18.3. The molecule has 7 nitrogen and oxygen atoms in total. The van der Waals surface area contributed by atoms with Crippen LogP contribution in [0.3, 0.4) is 0 Å². The summed E-state index contributed by atoms with van der Waals surface area (Å²) < 4.78 is 99.4. The number of amides is 2. The summed E-state index contributed by atoms with van der Waals surface area (Å²) in [4.78, 5) is 29.8. The lowest BCUT2D eigenvalue weighted by atomic mass is 9.58. The van der Waals surface area contributed by atoms with Crippen molar-refractivity contribution in [2.24, 2.45) is 17.8 Å². The molecule has 0 bridgehead atoms. The van der Waals surface area contributed by atoms with Crippen molar-refractivity contribution in [3.8, 4) is 5.75 Å². The number of fused-ring (bicyclic) bond motifs is 3. The van der Waals surface area contributed by atoms with Gasteiger partial charge in [-0.15, -0.1) is 0 Å². The normalized spacial score (nSPS) is 20.6. The number of hydrogen-bond donors (Lipinski definition) is 2. The SMILES string of the molecule is CC(C)(C)[Si](OCC1=C2[C@@H](CC/C(=C/c3cc(Br)ccc3O)c3ccccc3)OB(O)C[C@@H]2[C@@H]2C(=O)N(c3cc(C(F)(F)F)cc(C(F)(F)F)c3)C(=O)[C@@H]2C1)(c1ccccc1)c1ccccc1. The Morgan fingerprint density at radius 3 is 1.93 bits per heavy atom. The number of carbonyl (C=O) groups is 2. The molecule has 67 heavy (non-hydrogen) atoms. The molecule has 2 fully saturated rings. The van der Waals surface area contributed by atoms with Crippen molar-refractivity contribution >= 4 is 70.9 Å². The van der Waals surface area contributed by atoms with E-state index in [1.165, 1.54) is 0 Å². The molecule has 3 aliphatic rings. The second-order valence-corrected chi connectivity index (χ2v) is 23.5.